The molecule has 0 unspecified atom stereocenters. The number of halogens is 2. The van der Waals surface area contributed by atoms with Gasteiger partial charge in [0.05, 0.1) is 17.8 Å². The number of carbonyl (C=O) groups is 1. The molecule has 0 aliphatic carbocycles. The van der Waals surface area contributed by atoms with Crippen LogP contribution in [0.25, 0.3) is 6.08 Å². The molecule has 0 radical (unpaired) electrons. The smallest absolute Gasteiger partial charge is 0.266 e. The highest BCUT2D eigenvalue weighted by Gasteiger charge is 2.13. The van der Waals surface area contributed by atoms with Gasteiger partial charge < -0.3 is 14.8 Å². The van der Waals surface area contributed by atoms with E-state index in [0.29, 0.717) is 22.7 Å². The van der Waals surface area contributed by atoms with Crippen molar-refractivity contribution in [3.8, 4) is 17.6 Å². The quantitative estimate of drug-likeness (QED) is 0.360. The molecular weight excluding hydrogens is 499 g/mol. The zero-order chi connectivity index (χ0) is 18.4. The lowest BCUT2D eigenvalue weighted by molar-refractivity contribution is -0.112. The van der Waals surface area contributed by atoms with E-state index >= 15 is 0 Å². The minimum atomic E-state index is -0.477. The summed E-state index contributed by atoms with van der Waals surface area (Å²) in [6.07, 6.45) is 1.51. The van der Waals surface area contributed by atoms with Gasteiger partial charge in [-0.15, -0.1) is 0 Å². The molecule has 0 aromatic heterocycles. The number of nitriles is 1. The molecule has 0 atom stereocenters. The average Bonchev–Trinajstić information content (AvgIpc) is 2.60. The first-order chi connectivity index (χ1) is 12.0. The Kier molecular flexibility index (Phi) is 6.84. The molecule has 0 spiro atoms. The lowest BCUT2D eigenvalue weighted by atomic mass is 10.1. The summed E-state index contributed by atoms with van der Waals surface area (Å²) in [5.74, 6) is 0.666. The molecule has 1 amide bonds. The molecule has 0 bridgehead atoms. The summed E-state index contributed by atoms with van der Waals surface area (Å²) >= 11 is 5.44. The summed E-state index contributed by atoms with van der Waals surface area (Å²) in [7, 11) is 3.09. The highest BCUT2D eigenvalue weighted by molar-refractivity contribution is 14.1. The topological polar surface area (TPSA) is 71.3 Å². The minimum absolute atomic E-state index is 0.00839. The number of rotatable bonds is 5. The van der Waals surface area contributed by atoms with E-state index < -0.39 is 5.91 Å². The Hall–Kier alpha value is -2.05. The average molecular weight is 513 g/mol. The van der Waals surface area contributed by atoms with E-state index in [9.17, 15) is 10.1 Å². The van der Waals surface area contributed by atoms with Crippen LogP contribution < -0.4 is 14.8 Å². The number of amides is 1. The second-order valence-corrected chi connectivity index (χ2v) is 6.95. The van der Waals surface area contributed by atoms with Crippen LogP contribution in [0, 0.1) is 14.9 Å². The standard InChI is InChI=1S/C18H14BrIN2O3/c1-24-16-9-11(8-15(20)17(16)25-2)7-12(10-21)18(23)22-14-5-3-13(19)4-6-14/h3-9H,1-2H3,(H,22,23)/b12-7-. The summed E-state index contributed by atoms with van der Waals surface area (Å²) < 4.78 is 12.3. The Bertz CT molecular complexity index is 858. The Morgan fingerprint density at radius 1 is 1.24 bits per heavy atom. The number of carbonyl (C=O) groups excluding carboxylic acids is 1. The van der Waals surface area contributed by atoms with Gasteiger partial charge in [0.15, 0.2) is 11.5 Å². The maximum Gasteiger partial charge on any atom is 0.266 e. The van der Waals surface area contributed by atoms with Crippen LogP contribution in [0.5, 0.6) is 11.5 Å². The van der Waals surface area contributed by atoms with E-state index in [1.54, 1.807) is 25.3 Å². The highest BCUT2D eigenvalue weighted by Crippen LogP contribution is 2.34. The van der Waals surface area contributed by atoms with Crippen LogP contribution in [0.1, 0.15) is 5.56 Å². The molecule has 0 fully saturated rings. The first kappa shape index (κ1) is 19.3. The number of hydrogen-bond donors (Lipinski definition) is 1. The molecule has 0 heterocycles. The number of ether oxygens (including phenoxy) is 2. The van der Waals surface area contributed by atoms with Gasteiger partial charge in [0, 0.05) is 10.2 Å². The molecule has 0 aliphatic rings. The van der Waals surface area contributed by atoms with Crippen LogP contribution in [-0.2, 0) is 4.79 Å². The monoisotopic (exact) mass is 512 g/mol. The second-order valence-electron chi connectivity index (χ2n) is 4.87. The molecule has 0 saturated carbocycles. The van der Waals surface area contributed by atoms with Crippen LogP contribution in [0.3, 0.4) is 0 Å². The lowest BCUT2D eigenvalue weighted by Gasteiger charge is -2.11. The fraction of sp³-hybridized carbons (Fsp3) is 0.111. The van der Waals surface area contributed by atoms with E-state index in [2.05, 4.69) is 43.8 Å². The van der Waals surface area contributed by atoms with Crippen LogP contribution >= 0.6 is 38.5 Å². The Morgan fingerprint density at radius 2 is 1.92 bits per heavy atom. The molecule has 25 heavy (non-hydrogen) atoms. The third kappa shape index (κ3) is 4.96. The van der Waals surface area contributed by atoms with E-state index in [1.807, 2.05) is 24.3 Å². The number of hydrogen-bond acceptors (Lipinski definition) is 4. The molecule has 5 nitrogen and oxygen atoms in total. The number of nitrogens with one attached hydrogen (secondary N) is 1. The van der Waals surface area contributed by atoms with Crippen molar-refractivity contribution < 1.29 is 14.3 Å². The van der Waals surface area contributed by atoms with Crippen molar-refractivity contribution in [2.24, 2.45) is 0 Å². The summed E-state index contributed by atoms with van der Waals surface area (Å²) in [4.78, 5) is 12.3. The first-order valence-corrected chi connectivity index (χ1v) is 8.96. The number of benzene rings is 2. The van der Waals surface area contributed by atoms with E-state index in [-0.39, 0.29) is 5.57 Å². The fourth-order valence-electron chi connectivity index (χ4n) is 2.07. The van der Waals surface area contributed by atoms with Crippen molar-refractivity contribution in [1.29, 1.82) is 5.26 Å². The summed E-state index contributed by atoms with van der Waals surface area (Å²) in [5.41, 5.74) is 1.27. The molecule has 0 aliphatic heterocycles. The van der Waals surface area contributed by atoms with Gasteiger partial charge in [0.1, 0.15) is 11.6 Å². The predicted octanol–water partition coefficient (Wildman–Crippen LogP) is 4.62. The van der Waals surface area contributed by atoms with Gasteiger partial charge in [-0.05, 0) is 70.6 Å². The summed E-state index contributed by atoms with van der Waals surface area (Å²) in [5, 5.41) is 12.0. The number of nitrogens with zero attached hydrogens (tertiary/aromatic N) is 1. The van der Waals surface area contributed by atoms with Crippen molar-refractivity contribution >= 4 is 56.2 Å². The van der Waals surface area contributed by atoms with E-state index in [4.69, 9.17) is 9.47 Å². The van der Waals surface area contributed by atoms with E-state index in [1.165, 1.54) is 13.2 Å². The third-order valence-corrected chi connectivity index (χ3v) is 4.56. The normalized spacial score (nSPS) is 10.8. The molecule has 7 heteroatoms. The molecule has 2 aromatic carbocycles. The maximum absolute atomic E-state index is 12.3. The molecule has 0 saturated heterocycles. The fourth-order valence-corrected chi connectivity index (χ4v) is 3.18. The molecule has 2 rings (SSSR count). The van der Waals surface area contributed by atoms with Crippen LogP contribution in [0.2, 0.25) is 0 Å². The molecule has 2 aromatic rings. The number of methoxy groups -OCH3 is 2. The number of anilines is 1. The molecule has 1 N–H and O–H groups in total. The van der Waals surface area contributed by atoms with Crippen molar-refractivity contribution in [1.82, 2.24) is 0 Å². The van der Waals surface area contributed by atoms with Crippen LogP contribution in [0.4, 0.5) is 5.69 Å². The van der Waals surface area contributed by atoms with Gasteiger partial charge in [-0.25, -0.2) is 0 Å². The van der Waals surface area contributed by atoms with Gasteiger partial charge in [-0.3, -0.25) is 4.79 Å². The molecule has 128 valence electrons. The van der Waals surface area contributed by atoms with Gasteiger partial charge in [0.2, 0.25) is 0 Å². The van der Waals surface area contributed by atoms with Gasteiger partial charge in [-0.2, -0.15) is 5.26 Å². The SMILES string of the molecule is COc1cc(/C=C(/C#N)C(=O)Nc2ccc(Br)cc2)cc(I)c1OC. The Morgan fingerprint density at radius 3 is 2.48 bits per heavy atom. The molecular formula is C18H14BrIN2O3. The zero-order valence-electron chi connectivity index (χ0n) is 13.5. The maximum atomic E-state index is 12.3. The van der Waals surface area contributed by atoms with Crippen molar-refractivity contribution in [2.45, 2.75) is 0 Å². The largest absolute Gasteiger partial charge is 0.493 e. The van der Waals surface area contributed by atoms with Gasteiger partial charge >= 0.3 is 0 Å². The van der Waals surface area contributed by atoms with Crippen molar-refractivity contribution in [2.75, 3.05) is 19.5 Å². The summed E-state index contributed by atoms with van der Waals surface area (Å²) in [6, 6.07) is 12.6. The zero-order valence-corrected chi connectivity index (χ0v) is 17.2. The third-order valence-electron chi connectivity index (χ3n) is 3.23. The summed E-state index contributed by atoms with van der Waals surface area (Å²) in [6.45, 7) is 0. The van der Waals surface area contributed by atoms with Crippen LogP contribution in [0.15, 0.2) is 46.4 Å². The van der Waals surface area contributed by atoms with Crippen LogP contribution in [-0.4, -0.2) is 20.1 Å². The Labute approximate surface area is 167 Å². The highest BCUT2D eigenvalue weighted by atomic mass is 127. The predicted molar refractivity (Wildman–Crippen MR) is 109 cm³/mol. The first-order valence-electron chi connectivity index (χ1n) is 7.08. The second kappa shape index (κ2) is 8.87. The lowest BCUT2D eigenvalue weighted by Crippen LogP contribution is -2.13. The van der Waals surface area contributed by atoms with Gasteiger partial charge in [0.25, 0.3) is 5.91 Å². The minimum Gasteiger partial charge on any atom is -0.493 e. The van der Waals surface area contributed by atoms with Gasteiger partial charge in [-0.1, -0.05) is 15.9 Å². The van der Waals surface area contributed by atoms with Crippen molar-refractivity contribution in [3.63, 3.8) is 0 Å². The van der Waals surface area contributed by atoms with Crippen molar-refractivity contribution in [3.05, 3.63) is 55.6 Å². The van der Waals surface area contributed by atoms with E-state index in [0.717, 1.165) is 8.04 Å². The Balaban J connectivity index is 2.30.